The lowest BCUT2D eigenvalue weighted by molar-refractivity contribution is -0.123. The summed E-state index contributed by atoms with van der Waals surface area (Å²) < 4.78 is 0. The van der Waals surface area contributed by atoms with E-state index in [2.05, 4.69) is 10.6 Å². The Morgan fingerprint density at radius 3 is 2.35 bits per heavy atom. The molecule has 2 rings (SSSR count). The molecule has 1 saturated heterocycles. The van der Waals surface area contributed by atoms with Crippen LogP contribution in [0.25, 0.3) is 0 Å². The van der Waals surface area contributed by atoms with Gasteiger partial charge in [-0.2, -0.15) is 0 Å². The quantitative estimate of drug-likeness (QED) is 0.650. The van der Waals surface area contributed by atoms with E-state index >= 15 is 0 Å². The van der Waals surface area contributed by atoms with E-state index in [1.54, 1.807) is 0 Å². The van der Waals surface area contributed by atoms with E-state index in [1.165, 1.54) is 25.7 Å². The van der Waals surface area contributed by atoms with Crippen LogP contribution < -0.4 is 10.6 Å². The molecule has 0 bridgehead atoms. The number of carbonyl (C=O) groups excluding carboxylic acids is 1. The fourth-order valence-corrected chi connectivity index (χ4v) is 2.64. The second kappa shape index (κ2) is 7.19. The number of hydrogen-bond donors (Lipinski definition) is 3. The Kier molecular flexibility index (Phi) is 6.23. The lowest BCUT2D eigenvalue weighted by Crippen LogP contribution is -2.45. The molecule has 1 aliphatic heterocycles. The molecule has 0 aromatic heterocycles. The summed E-state index contributed by atoms with van der Waals surface area (Å²) in [5, 5.41) is 15.5. The molecule has 1 heterocycles. The van der Waals surface area contributed by atoms with Gasteiger partial charge in [0.15, 0.2) is 0 Å². The predicted molar refractivity (Wildman–Crippen MR) is 69.3 cm³/mol. The SMILES string of the molecule is Cl.O=C(NC1CCCCCC1)C1CC(O)CN1. The van der Waals surface area contributed by atoms with E-state index in [-0.39, 0.29) is 30.5 Å². The summed E-state index contributed by atoms with van der Waals surface area (Å²) in [7, 11) is 0. The first-order chi connectivity index (χ1) is 7.75. The van der Waals surface area contributed by atoms with Gasteiger partial charge >= 0.3 is 0 Å². The molecule has 17 heavy (non-hydrogen) atoms. The van der Waals surface area contributed by atoms with E-state index in [9.17, 15) is 9.90 Å². The Bertz CT molecular complexity index is 243. The topological polar surface area (TPSA) is 61.4 Å². The standard InChI is InChI=1S/C12H22N2O2.ClH/c15-10-7-11(13-8-10)12(16)14-9-5-3-1-2-4-6-9;/h9-11,13,15H,1-8H2,(H,14,16);1H. The molecule has 3 N–H and O–H groups in total. The van der Waals surface area contributed by atoms with Gasteiger partial charge < -0.3 is 15.7 Å². The molecule has 2 fully saturated rings. The Hall–Kier alpha value is -0.320. The molecule has 2 aliphatic rings. The van der Waals surface area contributed by atoms with E-state index in [4.69, 9.17) is 0 Å². The molecule has 4 nitrogen and oxygen atoms in total. The molecule has 1 amide bonds. The van der Waals surface area contributed by atoms with Gasteiger partial charge in [-0.15, -0.1) is 12.4 Å². The zero-order valence-electron chi connectivity index (χ0n) is 10.2. The maximum absolute atomic E-state index is 11.9. The average molecular weight is 263 g/mol. The molecule has 100 valence electrons. The van der Waals surface area contributed by atoms with Crippen LogP contribution in [0.15, 0.2) is 0 Å². The van der Waals surface area contributed by atoms with Crippen LogP contribution in [-0.4, -0.2) is 35.7 Å². The zero-order valence-corrected chi connectivity index (χ0v) is 11.0. The second-order valence-corrected chi connectivity index (χ2v) is 5.05. The number of amides is 1. The van der Waals surface area contributed by atoms with Crippen molar-refractivity contribution in [2.75, 3.05) is 6.54 Å². The monoisotopic (exact) mass is 262 g/mol. The van der Waals surface area contributed by atoms with E-state index in [0.29, 0.717) is 19.0 Å². The fraction of sp³-hybridized carbons (Fsp3) is 0.917. The molecule has 2 atom stereocenters. The molecular formula is C12H23ClN2O2. The highest BCUT2D eigenvalue weighted by atomic mass is 35.5. The van der Waals surface area contributed by atoms with Crippen LogP contribution in [-0.2, 0) is 4.79 Å². The number of carbonyl (C=O) groups is 1. The van der Waals surface area contributed by atoms with Crippen molar-refractivity contribution in [2.45, 2.75) is 63.1 Å². The van der Waals surface area contributed by atoms with Crippen molar-refractivity contribution >= 4 is 18.3 Å². The van der Waals surface area contributed by atoms with Gasteiger partial charge in [-0.05, 0) is 19.3 Å². The van der Waals surface area contributed by atoms with Crippen molar-refractivity contribution in [2.24, 2.45) is 0 Å². The number of aliphatic hydroxyl groups is 1. The summed E-state index contributed by atoms with van der Waals surface area (Å²) in [4.78, 5) is 11.9. The molecule has 0 aromatic carbocycles. The second-order valence-electron chi connectivity index (χ2n) is 5.05. The van der Waals surface area contributed by atoms with E-state index < -0.39 is 0 Å². The normalized spacial score (nSPS) is 30.4. The van der Waals surface area contributed by atoms with Gasteiger partial charge in [0.25, 0.3) is 0 Å². The van der Waals surface area contributed by atoms with Gasteiger partial charge in [0.05, 0.1) is 12.1 Å². The third kappa shape index (κ3) is 4.45. The van der Waals surface area contributed by atoms with Gasteiger partial charge in [-0.3, -0.25) is 4.79 Å². The molecule has 2 unspecified atom stereocenters. The highest BCUT2D eigenvalue weighted by Gasteiger charge is 2.29. The van der Waals surface area contributed by atoms with Crippen LogP contribution in [0.1, 0.15) is 44.9 Å². The molecule has 1 saturated carbocycles. The first-order valence-corrected chi connectivity index (χ1v) is 6.47. The lowest BCUT2D eigenvalue weighted by Gasteiger charge is -2.19. The molecular weight excluding hydrogens is 240 g/mol. The van der Waals surface area contributed by atoms with Gasteiger partial charge in [0, 0.05) is 12.6 Å². The van der Waals surface area contributed by atoms with Gasteiger partial charge in [0.2, 0.25) is 5.91 Å². The molecule has 0 radical (unpaired) electrons. The van der Waals surface area contributed by atoms with Gasteiger partial charge in [-0.1, -0.05) is 25.7 Å². The fourth-order valence-electron chi connectivity index (χ4n) is 2.64. The maximum atomic E-state index is 11.9. The third-order valence-corrected chi connectivity index (χ3v) is 3.63. The largest absolute Gasteiger partial charge is 0.392 e. The summed E-state index contributed by atoms with van der Waals surface area (Å²) >= 11 is 0. The van der Waals surface area contributed by atoms with Crippen LogP contribution >= 0.6 is 12.4 Å². The van der Waals surface area contributed by atoms with Crippen LogP contribution in [0.2, 0.25) is 0 Å². The number of β-amino-alcohol motifs (C(OH)–C–C–N with tert-alkyl or cyclic N) is 1. The number of rotatable bonds is 2. The Balaban J connectivity index is 0.00000144. The molecule has 0 spiro atoms. The van der Waals surface area contributed by atoms with Gasteiger partial charge in [-0.25, -0.2) is 0 Å². The van der Waals surface area contributed by atoms with Crippen LogP contribution in [0.5, 0.6) is 0 Å². The smallest absolute Gasteiger partial charge is 0.237 e. The molecule has 0 aromatic rings. The lowest BCUT2D eigenvalue weighted by atomic mass is 10.1. The minimum atomic E-state index is -0.357. The van der Waals surface area contributed by atoms with Crippen molar-refractivity contribution in [3.63, 3.8) is 0 Å². The first-order valence-electron chi connectivity index (χ1n) is 6.47. The van der Waals surface area contributed by atoms with Crippen molar-refractivity contribution in [1.82, 2.24) is 10.6 Å². The number of hydrogen-bond acceptors (Lipinski definition) is 3. The van der Waals surface area contributed by atoms with Crippen LogP contribution in [0, 0.1) is 0 Å². The summed E-state index contributed by atoms with van der Waals surface area (Å²) in [5.41, 5.74) is 0. The molecule has 1 aliphatic carbocycles. The maximum Gasteiger partial charge on any atom is 0.237 e. The number of halogens is 1. The van der Waals surface area contributed by atoms with Gasteiger partial charge in [0.1, 0.15) is 0 Å². The van der Waals surface area contributed by atoms with Crippen LogP contribution in [0.4, 0.5) is 0 Å². The van der Waals surface area contributed by atoms with Crippen LogP contribution in [0.3, 0.4) is 0 Å². The number of nitrogens with one attached hydrogen (secondary N) is 2. The summed E-state index contributed by atoms with van der Waals surface area (Å²) in [6, 6.07) is 0.174. The first kappa shape index (κ1) is 14.7. The van der Waals surface area contributed by atoms with E-state index in [1.807, 2.05) is 0 Å². The Morgan fingerprint density at radius 2 is 1.82 bits per heavy atom. The van der Waals surface area contributed by atoms with Crippen molar-refractivity contribution < 1.29 is 9.90 Å². The minimum absolute atomic E-state index is 0. The Labute approximate surface area is 109 Å². The number of aliphatic hydroxyl groups excluding tert-OH is 1. The summed E-state index contributed by atoms with van der Waals surface area (Å²) in [6.07, 6.45) is 7.47. The minimum Gasteiger partial charge on any atom is -0.392 e. The van der Waals surface area contributed by atoms with Crippen molar-refractivity contribution in [1.29, 1.82) is 0 Å². The predicted octanol–water partition coefficient (Wildman–Crippen LogP) is 0.970. The zero-order chi connectivity index (χ0) is 11.4. The van der Waals surface area contributed by atoms with Crippen molar-refractivity contribution in [3.05, 3.63) is 0 Å². The van der Waals surface area contributed by atoms with E-state index in [0.717, 1.165) is 12.8 Å². The highest BCUT2D eigenvalue weighted by molar-refractivity contribution is 5.85. The highest BCUT2D eigenvalue weighted by Crippen LogP contribution is 2.17. The molecule has 5 heteroatoms. The Morgan fingerprint density at radius 1 is 1.18 bits per heavy atom. The third-order valence-electron chi connectivity index (χ3n) is 3.63. The van der Waals surface area contributed by atoms with Crippen molar-refractivity contribution in [3.8, 4) is 0 Å². The average Bonchev–Trinajstić information content (AvgIpc) is 2.54. The summed E-state index contributed by atoms with van der Waals surface area (Å²) in [5.74, 6) is 0.0726. The summed E-state index contributed by atoms with van der Waals surface area (Å²) in [6.45, 7) is 0.544.